The second kappa shape index (κ2) is 10.3. The Morgan fingerprint density at radius 1 is 0.871 bits per heavy atom. The van der Waals surface area contributed by atoms with Crippen LogP contribution in [0.15, 0.2) is 57.7 Å². The van der Waals surface area contributed by atoms with E-state index in [1.54, 1.807) is 13.8 Å². The van der Waals surface area contributed by atoms with Gasteiger partial charge in [0.15, 0.2) is 13.2 Å². The Morgan fingerprint density at radius 2 is 1.52 bits per heavy atom. The normalized spacial score (nSPS) is 10.5. The van der Waals surface area contributed by atoms with Gasteiger partial charge in [-0.3, -0.25) is 0 Å². The maximum Gasteiger partial charge on any atom is 0.344 e. The van der Waals surface area contributed by atoms with Gasteiger partial charge in [-0.25, -0.2) is 14.4 Å². The molecule has 31 heavy (non-hydrogen) atoms. The molecule has 1 aromatic heterocycles. The van der Waals surface area contributed by atoms with Crippen LogP contribution in [0.3, 0.4) is 0 Å². The summed E-state index contributed by atoms with van der Waals surface area (Å²) in [7, 11) is 0. The van der Waals surface area contributed by atoms with Crippen molar-refractivity contribution in [3.63, 3.8) is 0 Å². The van der Waals surface area contributed by atoms with Crippen molar-refractivity contribution in [2.45, 2.75) is 13.8 Å². The van der Waals surface area contributed by atoms with Crippen molar-refractivity contribution in [2.24, 2.45) is 0 Å². The van der Waals surface area contributed by atoms with E-state index in [9.17, 15) is 14.4 Å². The summed E-state index contributed by atoms with van der Waals surface area (Å²) >= 11 is 0. The highest BCUT2D eigenvalue weighted by molar-refractivity contribution is 5.98. The largest absolute Gasteiger partial charge is 0.482 e. The fourth-order valence-corrected chi connectivity index (χ4v) is 2.97. The van der Waals surface area contributed by atoms with Crippen LogP contribution >= 0.6 is 0 Å². The molecule has 0 aliphatic carbocycles. The van der Waals surface area contributed by atoms with Crippen molar-refractivity contribution in [3.8, 4) is 22.6 Å². The second-order valence-corrected chi connectivity index (χ2v) is 6.33. The molecule has 0 N–H and O–H groups in total. The van der Waals surface area contributed by atoms with Crippen molar-refractivity contribution in [3.05, 3.63) is 59.0 Å². The molecule has 0 aliphatic rings. The zero-order valence-corrected chi connectivity index (χ0v) is 17.2. The quantitative estimate of drug-likeness (QED) is 0.379. The van der Waals surface area contributed by atoms with Gasteiger partial charge in [-0.05, 0) is 19.4 Å². The van der Waals surface area contributed by atoms with Gasteiger partial charge in [-0.1, -0.05) is 30.3 Å². The lowest BCUT2D eigenvalue weighted by Gasteiger charge is -2.14. The van der Waals surface area contributed by atoms with Gasteiger partial charge in [0.1, 0.15) is 17.1 Å². The Bertz CT molecular complexity index is 1120. The lowest BCUT2D eigenvalue weighted by Crippen LogP contribution is -2.16. The predicted octanol–water partition coefficient (Wildman–Crippen LogP) is 3.34. The van der Waals surface area contributed by atoms with E-state index in [0.29, 0.717) is 10.9 Å². The molecule has 0 saturated carbocycles. The molecule has 0 spiro atoms. The minimum absolute atomic E-state index is 0.187. The van der Waals surface area contributed by atoms with Gasteiger partial charge < -0.3 is 23.4 Å². The summed E-state index contributed by atoms with van der Waals surface area (Å²) < 4.78 is 26.3. The van der Waals surface area contributed by atoms with Crippen LogP contribution in [0.2, 0.25) is 0 Å². The molecular weight excluding hydrogens is 404 g/mol. The fraction of sp³-hybridized carbons (Fsp3) is 0.261. The van der Waals surface area contributed by atoms with Crippen LogP contribution in [0.5, 0.6) is 11.5 Å². The Kier molecular flexibility index (Phi) is 7.26. The van der Waals surface area contributed by atoms with E-state index in [1.165, 1.54) is 18.2 Å². The highest BCUT2D eigenvalue weighted by Crippen LogP contribution is 2.37. The molecule has 0 radical (unpaired) electrons. The lowest BCUT2D eigenvalue weighted by molar-refractivity contribution is -0.146. The summed E-state index contributed by atoms with van der Waals surface area (Å²) in [6.45, 7) is 3.14. The third-order valence-electron chi connectivity index (χ3n) is 4.18. The molecule has 1 heterocycles. The van der Waals surface area contributed by atoms with Crippen LogP contribution in [0.1, 0.15) is 13.8 Å². The van der Waals surface area contributed by atoms with Crippen molar-refractivity contribution in [2.75, 3.05) is 26.4 Å². The minimum atomic E-state index is -0.565. The maximum absolute atomic E-state index is 12.2. The van der Waals surface area contributed by atoms with Crippen molar-refractivity contribution in [1.29, 1.82) is 0 Å². The first kappa shape index (κ1) is 21.9. The second-order valence-electron chi connectivity index (χ2n) is 6.33. The Labute approximate surface area is 178 Å². The first-order chi connectivity index (χ1) is 15.0. The van der Waals surface area contributed by atoms with Crippen LogP contribution in [0, 0.1) is 0 Å². The van der Waals surface area contributed by atoms with Crippen molar-refractivity contribution < 1.29 is 33.0 Å². The molecule has 162 valence electrons. The standard InChI is InChI=1S/C23H22O8/c1-3-27-21(25)13-29-16-10-18(30-14-22(26)28-4-2)23-17(15-8-6-5-7-9-15)12-20(24)31-19(23)11-16/h5-12H,3-4,13-14H2,1-2H3. The summed E-state index contributed by atoms with van der Waals surface area (Å²) in [6.07, 6.45) is 0. The Morgan fingerprint density at radius 3 is 2.16 bits per heavy atom. The molecular formula is C23H22O8. The van der Waals surface area contributed by atoms with Gasteiger partial charge in [-0.2, -0.15) is 0 Å². The number of esters is 2. The van der Waals surface area contributed by atoms with E-state index in [1.807, 2.05) is 30.3 Å². The van der Waals surface area contributed by atoms with Gasteiger partial charge in [-0.15, -0.1) is 0 Å². The number of rotatable bonds is 9. The molecule has 8 heteroatoms. The SMILES string of the molecule is CCOC(=O)COc1cc(OCC(=O)OCC)c2c(-c3ccccc3)cc(=O)oc2c1. The first-order valence-electron chi connectivity index (χ1n) is 9.76. The average Bonchev–Trinajstić information content (AvgIpc) is 2.76. The number of hydrogen-bond donors (Lipinski definition) is 0. The third kappa shape index (κ3) is 5.63. The van der Waals surface area contributed by atoms with E-state index in [-0.39, 0.29) is 43.5 Å². The molecule has 0 aliphatic heterocycles. The molecule has 2 aromatic carbocycles. The van der Waals surface area contributed by atoms with Crippen molar-refractivity contribution in [1.82, 2.24) is 0 Å². The molecule has 0 fully saturated rings. The summed E-state index contributed by atoms with van der Waals surface area (Å²) in [4.78, 5) is 35.7. The number of carbonyl (C=O) groups excluding carboxylic acids is 2. The van der Waals surface area contributed by atoms with Crippen LogP contribution in [0.4, 0.5) is 0 Å². The van der Waals surface area contributed by atoms with Crippen LogP contribution in [-0.4, -0.2) is 38.4 Å². The van der Waals surface area contributed by atoms with E-state index >= 15 is 0 Å². The third-order valence-corrected chi connectivity index (χ3v) is 4.18. The highest BCUT2D eigenvalue weighted by atomic mass is 16.6. The Balaban J connectivity index is 2.08. The zero-order chi connectivity index (χ0) is 22.2. The number of hydrogen-bond acceptors (Lipinski definition) is 8. The summed E-state index contributed by atoms with van der Waals surface area (Å²) in [6, 6.07) is 13.6. The molecule has 8 nitrogen and oxygen atoms in total. The predicted molar refractivity (Wildman–Crippen MR) is 112 cm³/mol. The highest BCUT2D eigenvalue weighted by Gasteiger charge is 2.17. The molecule has 0 bridgehead atoms. The molecule has 0 unspecified atom stereocenters. The van der Waals surface area contributed by atoms with E-state index < -0.39 is 17.6 Å². The zero-order valence-electron chi connectivity index (χ0n) is 17.2. The van der Waals surface area contributed by atoms with Crippen LogP contribution < -0.4 is 15.1 Å². The van der Waals surface area contributed by atoms with Gasteiger partial charge in [0, 0.05) is 23.8 Å². The average molecular weight is 426 g/mol. The van der Waals surface area contributed by atoms with Crippen LogP contribution in [0.25, 0.3) is 22.1 Å². The van der Waals surface area contributed by atoms with E-state index in [4.69, 9.17) is 23.4 Å². The topological polar surface area (TPSA) is 101 Å². The number of fused-ring (bicyclic) bond motifs is 1. The number of benzene rings is 2. The molecule has 0 saturated heterocycles. The molecule has 3 rings (SSSR count). The molecule has 0 atom stereocenters. The van der Waals surface area contributed by atoms with Gasteiger partial charge in [0.2, 0.25) is 0 Å². The minimum Gasteiger partial charge on any atom is -0.482 e. The van der Waals surface area contributed by atoms with Crippen LogP contribution in [-0.2, 0) is 19.1 Å². The van der Waals surface area contributed by atoms with Gasteiger partial charge in [0.25, 0.3) is 0 Å². The lowest BCUT2D eigenvalue weighted by atomic mass is 10.0. The summed E-state index contributed by atoms with van der Waals surface area (Å²) in [5.41, 5.74) is 0.959. The Hall–Kier alpha value is -3.81. The number of carbonyl (C=O) groups is 2. The first-order valence-corrected chi connectivity index (χ1v) is 9.76. The van der Waals surface area contributed by atoms with Crippen molar-refractivity contribution >= 4 is 22.9 Å². The van der Waals surface area contributed by atoms with Gasteiger partial charge >= 0.3 is 17.6 Å². The maximum atomic E-state index is 12.2. The van der Waals surface area contributed by atoms with E-state index in [2.05, 4.69) is 0 Å². The fourth-order valence-electron chi connectivity index (χ4n) is 2.97. The monoisotopic (exact) mass is 426 g/mol. The molecule has 3 aromatic rings. The summed E-state index contributed by atoms with van der Waals surface area (Å²) in [5, 5.41) is 0.485. The van der Waals surface area contributed by atoms with E-state index in [0.717, 1.165) is 5.56 Å². The van der Waals surface area contributed by atoms with Gasteiger partial charge in [0.05, 0.1) is 18.6 Å². The summed E-state index contributed by atoms with van der Waals surface area (Å²) in [5.74, 6) is -0.636. The molecule has 0 amide bonds. The number of ether oxygens (including phenoxy) is 4. The smallest absolute Gasteiger partial charge is 0.344 e.